The summed E-state index contributed by atoms with van der Waals surface area (Å²) in [4.78, 5) is 26.8. The summed E-state index contributed by atoms with van der Waals surface area (Å²) >= 11 is 0. The zero-order valence-electron chi connectivity index (χ0n) is 9.60. The van der Waals surface area contributed by atoms with Crippen LogP contribution < -0.4 is 11.0 Å². The first-order valence-electron chi connectivity index (χ1n) is 5.20. The van der Waals surface area contributed by atoms with E-state index in [0.717, 1.165) is 0 Å². The number of nitrogens with zero attached hydrogens (tertiary/aromatic N) is 2. The van der Waals surface area contributed by atoms with Crippen molar-refractivity contribution >= 4 is 12.1 Å². The predicted molar refractivity (Wildman–Crippen MR) is 65.4 cm³/mol. The van der Waals surface area contributed by atoms with E-state index in [-0.39, 0.29) is 11.3 Å². The molecule has 0 spiro atoms. The van der Waals surface area contributed by atoms with Crippen LogP contribution in [0.25, 0.3) is 0 Å². The van der Waals surface area contributed by atoms with Crippen LogP contribution in [0.2, 0.25) is 0 Å². The van der Waals surface area contributed by atoms with Crippen molar-refractivity contribution < 1.29 is 4.79 Å². The minimum Gasteiger partial charge on any atom is -0.293 e. The summed E-state index contributed by atoms with van der Waals surface area (Å²) < 4.78 is 0. The van der Waals surface area contributed by atoms with Crippen molar-refractivity contribution in [1.82, 2.24) is 20.6 Å². The molecule has 7 nitrogen and oxygen atoms in total. The van der Waals surface area contributed by atoms with Gasteiger partial charge in [0.1, 0.15) is 5.69 Å². The predicted octanol–water partition coefficient (Wildman–Crippen LogP) is 0.170. The van der Waals surface area contributed by atoms with Crippen LogP contribution in [0.1, 0.15) is 21.7 Å². The third-order valence-corrected chi connectivity index (χ3v) is 2.29. The molecule has 0 fully saturated rings. The number of pyridine rings is 1. The molecule has 2 aromatic rings. The van der Waals surface area contributed by atoms with Gasteiger partial charge in [0, 0.05) is 11.8 Å². The zero-order chi connectivity index (χ0) is 13.0. The zero-order valence-corrected chi connectivity index (χ0v) is 9.60. The van der Waals surface area contributed by atoms with E-state index in [9.17, 15) is 9.59 Å². The monoisotopic (exact) mass is 245 g/mol. The van der Waals surface area contributed by atoms with E-state index in [0.29, 0.717) is 11.3 Å². The number of hydrogen-bond acceptors (Lipinski definition) is 4. The van der Waals surface area contributed by atoms with Crippen molar-refractivity contribution in [2.45, 2.75) is 6.92 Å². The van der Waals surface area contributed by atoms with Gasteiger partial charge in [0.2, 0.25) is 0 Å². The third kappa shape index (κ3) is 2.51. The van der Waals surface area contributed by atoms with Gasteiger partial charge in [-0.15, -0.1) is 0 Å². The highest BCUT2D eigenvalue weighted by molar-refractivity contribution is 5.94. The Morgan fingerprint density at radius 2 is 2.28 bits per heavy atom. The summed E-state index contributed by atoms with van der Waals surface area (Å²) in [7, 11) is 0. The Hall–Kier alpha value is -2.70. The first-order chi connectivity index (χ1) is 8.68. The molecule has 0 aromatic carbocycles. The topological polar surface area (TPSA) is 103 Å². The third-order valence-electron chi connectivity index (χ3n) is 2.29. The van der Waals surface area contributed by atoms with Gasteiger partial charge in [-0.25, -0.2) is 5.43 Å². The Morgan fingerprint density at radius 3 is 2.89 bits per heavy atom. The fraction of sp³-hybridized carbons (Fsp3) is 0.0909. The molecule has 0 saturated heterocycles. The van der Waals surface area contributed by atoms with Crippen molar-refractivity contribution in [3.63, 3.8) is 0 Å². The summed E-state index contributed by atoms with van der Waals surface area (Å²) in [5, 5.41) is 8.55. The smallest absolute Gasteiger partial charge is 0.289 e. The van der Waals surface area contributed by atoms with Crippen LogP contribution in [0.4, 0.5) is 0 Å². The normalized spacial score (nSPS) is 10.7. The van der Waals surface area contributed by atoms with Gasteiger partial charge in [-0.05, 0) is 19.1 Å². The Kier molecular flexibility index (Phi) is 3.33. The van der Waals surface area contributed by atoms with E-state index in [1.54, 1.807) is 25.3 Å². The van der Waals surface area contributed by atoms with Gasteiger partial charge in [0.25, 0.3) is 11.5 Å². The van der Waals surface area contributed by atoms with Gasteiger partial charge >= 0.3 is 0 Å². The average Bonchev–Trinajstić information content (AvgIpc) is 2.71. The molecular formula is C11H11N5O2. The summed E-state index contributed by atoms with van der Waals surface area (Å²) in [6, 6.07) is 5.34. The maximum absolute atomic E-state index is 11.6. The molecule has 7 heteroatoms. The van der Waals surface area contributed by atoms with Crippen LogP contribution in [0, 0.1) is 6.92 Å². The second kappa shape index (κ2) is 5.09. The molecule has 2 aromatic heterocycles. The number of amides is 1. The van der Waals surface area contributed by atoms with Gasteiger partial charge in [-0.2, -0.15) is 5.10 Å². The number of hydrogen-bond donors (Lipinski definition) is 3. The number of aromatic amines is 2. The first kappa shape index (κ1) is 11.8. The lowest BCUT2D eigenvalue weighted by molar-refractivity contribution is 0.0949. The molecule has 0 aliphatic rings. The number of nitrogens with one attached hydrogen (secondary N) is 3. The number of carbonyl (C=O) groups is 1. The van der Waals surface area contributed by atoms with E-state index < -0.39 is 5.91 Å². The number of H-pyrrole nitrogens is 2. The molecular weight excluding hydrogens is 234 g/mol. The summed E-state index contributed by atoms with van der Waals surface area (Å²) in [6.45, 7) is 1.55. The highest BCUT2D eigenvalue weighted by Crippen LogP contribution is 1.96. The lowest BCUT2D eigenvalue weighted by Gasteiger charge is -1.96. The van der Waals surface area contributed by atoms with Gasteiger partial charge in [0.05, 0.1) is 11.9 Å². The Labute approximate surface area is 102 Å². The van der Waals surface area contributed by atoms with E-state index in [1.807, 2.05) is 6.07 Å². The number of carbonyl (C=O) groups excluding carboxylic acids is 1. The lowest BCUT2D eigenvalue weighted by atomic mass is 10.3. The number of rotatable bonds is 3. The highest BCUT2D eigenvalue weighted by Gasteiger charge is 2.12. The van der Waals surface area contributed by atoms with Crippen LogP contribution in [0.3, 0.4) is 0 Å². The first-order valence-corrected chi connectivity index (χ1v) is 5.20. The van der Waals surface area contributed by atoms with Gasteiger partial charge in [-0.1, -0.05) is 6.07 Å². The fourth-order valence-electron chi connectivity index (χ4n) is 1.31. The van der Waals surface area contributed by atoms with E-state index in [2.05, 4.69) is 25.7 Å². The SMILES string of the molecule is Cc1c(C(=O)NN=Cc2ccccn2)[nH][nH]c1=O. The number of aromatic nitrogens is 3. The lowest BCUT2D eigenvalue weighted by Crippen LogP contribution is -2.19. The van der Waals surface area contributed by atoms with Crippen LogP contribution in [0.5, 0.6) is 0 Å². The quantitative estimate of drug-likeness (QED) is 0.530. The van der Waals surface area contributed by atoms with Crippen LogP contribution in [-0.2, 0) is 0 Å². The summed E-state index contributed by atoms with van der Waals surface area (Å²) in [6.07, 6.45) is 3.04. The van der Waals surface area contributed by atoms with Crippen molar-refractivity contribution in [3.8, 4) is 0 Å². The van der Waals surface area contributed by atoms with Crippen molar-refractivity contribution in [2.24, 2.45) is 5.10 Å². The minimum atomic E-state index is -0.488. The molecule has 2 heterocycles. The molecule has 0 aliphatic carbocycles. The average molecular weight is 245 g/mol. The second-order valence-electron chi connectivity index (χ2n) is 3.53. The molecule has 18 heavy (non-hydrogen) atoms. The number of hydrazone groups is 1. The molecule has 0 aliphatic heterocycles. The van der Waals surface area contributed by atoms with Crippen molar-refractivity contribution in [3.05, 3.63) is 51.7 Å². The Morgan fingerprint density at radius 1 is 1.44 bits per heavy atom. The molecule has 1 amide bonds. The molecule has 92 valence electrons. The maximum atomic E-state index is 11.6. The molecule has 0 atom stereocenters. The Balaban J connectivity index is 2.03. The minimum absolute atomic E-state index is 0.165. The molecule has 2 rings (SSSR count). The summed E-state index contributed by atoms with van der Waals surface area (Å²) in [5.74, 6) is -0.488. The molecule has 0 unspecified atom stereocenters. The van der Waals surface area contributed by atoms with Crippen molar-refractivity contribution in [1.29, 1.82) is 0 Å². The molecule has 0 saturated carbocycles. The summed E-state index contributed by atoms with van der Waals surface area (Å²) in [5.41, 5.74) is 3.08. The molecule has 3 N–H and O–H groups in total. The van der Waals surface area contributed by atoms with E-state index >= 15 is 0 Å². The van der Waals surface area contributed by atoms with Crippen LogP contribution >= 0.6 is 0 Å². The Bertz CT molecular complexity index is 626. The van der Waals surface area contributed by atoms with Crippen LogP contribution in [-0.4, -0.2) is 27.3 Å². The second-order valence-corrected chi connectivity index (χ2v) is 3.53. The van der Waals surface area contributed by atoms with Gasteiger partial charge < -0.3 is 0 Å². The van der Waals surface area contributed by atoms with Crippen molar-refractivity contribution in [2.75, 3.05) is 0 Å². The fourth-order valence-corrected chi connectivity index (χ4v) is 1.31. The maximum Gasteiger partial charge on any atom is 0.289 e. The standard InChI is InChI=1S/C11H11N5O2/c1-7-9(14-16-10(7)17)11(18)15-13-6-8-4-2-3-5-12-8/h2-6H,1H3,(H,15,18)(H2,14,16,17). The van der Waals surface area contributed by atoms with E-state index in [1.165, 1.54) is 6.21 Å². The van der Waals surface area contributed by atoms with Gasteiger partial charge in [0.15, 0.2) is 0 Å². The van der Waals surface area contributed by atoms with Crippen LogP contribution in [0.15, 0.2) is 34.3 Å². The molecule has 0 bridgehead atoms. The largest absolute Gasteiger partial charge is 0.293 e. The molecule has 0 radical (unpaired) electrons. The highest BCUT2D eigenvalue weighted by atomic mass is 16.2. The van der Waals surface area contributed by atoms with Gasteiger partial charge in [-0.3, -0.25) is 24.8 Å². The van der Waals surface area contributed by atoms with E-state index in [4.69, 9.17) is 0 Å².